The van der Waals surface area contributed by atoms with Gasteiger partial charge in [0.05, 0.1) is 12.1 Å². The summed E-state index contributed by atoms with van der Waals surface area (Å²) < 4.78 is 5.80. The molecular formula is C16H16ClN3O3. The minimum absolute atomic E-state index is 0.00621. The molecule has 1 saturated heterocycles. The largest absolute Gasteiger partial charge is 0.472 e. The Hall–Kier alpha value is -2.34. The first-order valence-electron chi connectivity index (χ1n) is 7.30. The number of likely N-dealkylation sites (tertiary alicyclic amines) is 1. The first-order valence-corrected chi connectivity index (χ1v) is 7.67. The third kappa shape index (κ3) is 3.53. The molecule has 0 radical (unpaired) electrons. The van der Waals surface area contributed by atoms with E-state index in [1.54, 1.807) is 11.1 Å². The number of nitrogens with one attached hydrogen (secondary N) is 1. The van der Waals surface area contributed by atoms with Crippen LogP contribution < -0.4 is 10.3 Å². The van der Waals surface area contributed by atoms with Crippen LogP contribution >= 0.6 is 11.6 Å². The lowest BCUT2D eigenvalue weighted by Crippen LogP contribution is -2.31. The van der Waals surface area contributed by atoms with Gasteiger partial charge in [0.1, 0.15) is 11.1 Å². The summed E-state index contributed by atoms with van der Waals surface area (Å²) in [7, 11) is 0. The molecule has 120 valence electrons. The van der Waals surface area contributed by atoms with E-state index in [1.807, 2.05) is 19.1 Å². The van der Waals surface area contributed by atoms with Crippen molar-refractivity contribution in [3.05, 3.63) is 57.1 Å². The highest BCUT2D eigenvalue weighted by atomic mass is 35.5. The summed E-state index contributed by atoms with van der Waals surface area (Å²) in [5.41, 5.74) is 1.02. The molecule has 1 amide bonds. The number of carbonyl (C=O) groups is 1. The van der Waals surface area contributed by atoms with Gasteiger partial charge in [-0.3, -0.25) is 9.59 Å². The Morgan fingerprint density at radius 3 is 3.00 bits per heavy atom. The van der Waals surface area contributed by atoms with Gasteiger partial charge in [0.15, 0.2) is 0 Å². The van der Waals surface area contributed by atoms with Crippen molar-refractivity contribution in [3.8, 4) is 5.88 Å². The highest BCUT2D eigenvalue weighted by molar-refractivity contribution is 6.30. The Bertz CT molecular complexity index is 773. The van der Waals surface area contributed by atoms with Crippen LogP contribution in [0, 0.1) is 6.92 Å². The molecule has 0 spiro atoms. The van der Waals surface area contributed by atoms with Gasteiger partial charge in [-0.25, -0.2) is 4.98 Å². The number of carbonyl (C=O) groups excluding carboxylic acids is 1. The van der Waals surface area contributed by atoms with Crippen molar-refractivity contribution in [1.82, 2.24) is 14.9 Å². The zero-order chi connectivity index (χ0) is 16.4. The topological polar surface area (TPSA) is 75.3 Å². The molecule has 0 aliphatic carbocycles. The average Bonchev–Trinajstić information content (AvgIpc) is 3.00. The van der Waals surface area contributed by atoms with Gasteiger partial charge in [-0.15, -0.1) is 0 Å². The molecule has 1 unspecified atom stereocenters. The number of ether oxygens (including phenoxy) is 1. The minimum Gasteiger partial charge on any atom is -0.472 e. The van der Waals surface area contributed by atoms with E-state index in [4.69, 9.17) is 16.3 Å². The number of hydrogen-bond donors (Lipinski definition) is 1. The summed E-state index contributed by atoms with van der Waals surface area (Å²) in [4.78, 5) is 32.0. The first-order chi connectivity index (χ1) is 11.0. The molecule has 1 fully saturated rings. The fourth-order valence-electron chi connectivity index (χ4n) is 2.47. The van der Waals surface area contributed by atoms with Gasteiger partial charge in [-0.05, 0) is 18.6 Å². The number of aromatic nitrogens is 2. The quantitative estimate of drug-likeness (QED) is 0.932. The SMILES string of the molecule is Cc1ccc(OC2CCN(C(=O)c3c[nH]c(=O)c(Cl)c3)C2)nc1. The van der Waals surface area contributed by atoms with E-state index in [0.29, 0.717) is 24.5 Å². The highest BCUT2D eigenvalue weighted by Gasteiger charge is 2.28. The van der Waals surface area contributed by atoms with E-state index >= 15 is 0 Å². The van der Waals surface area contributed by atoms with Crippen LogP contribution in [0.5, 0.6) is 5.88 Å². The molecule has 1 aliphatic rings. The third-order valence-electron chi connectivity index (χ3n) is 3.71. The molecule has 0 saturated carbocycles. The Kier molecular flexibility index (Phi) is 4.34. The van der Waals surface area contributed by atoms with Gasteiger partial charge in [0.25, 0.3) is 11.5 Å². The van der Waals surface area contributed by atoms with Crippen molar-refractivity contribution in [2.24, 2.45) is 0 Å². The lowest BCUT2D eigenvalue weighted by Gasteiger charge is -2.17. The number of amides is 1. The van der Waals surface area contributed by atoms with Crippen LogP contribution in [0.4, 0.5) is 0 Å². The predicted octanol–water partition coefficient (Wildman–Crippen LogP) is 2.03. The lowest BCUT2D eigenvalue weighted by atomic mass is 10.2. The molecule has 1 atom stereocenters. The second-order valence-corrected chi connectivity index (χ2v) is 5.93. The van der Waals surface area contributed by atoms with E-state index in [0.717, 1.165) is 12.0 Å². The zero-order valence-electron chi connectivity index (χ0n) is 12.6. The minimum atomic E-state index is -0.406. The maximum Gasteiger partial charge on any atom is 0.266 e. The molecule has 2 aromatic heterocycles. The summed E-state index contributed by atoms with van der Waals surface area (Å²) >= 11 is 5.77. The number of halogens is 1. The molecule has 3 rings (SSSR count). The van der Waals surface area contributed by atoms with Crippen LogP contribution in [0.3, 0.4) is 0 Å². The summed E-state index contributed by atoms with van der Waals surface area (Å²) in [5, 5.41) is 0.00621. The van der Waals surface area contributed by atoms with Gasteiger partial charge < -0.3 is 14.6 Å². The van der Waals surface area contributed by atoms with Crippen LogP contribution in [-0.2, 0) is 0 Å². The highest BCUT2D eigenvalue weighted by Crippen LogP contribution is 2.19. The van der Waals surface area contributed by atoms with Gasteiger partial charge in [-0.1, -0.05) is 17.7 Å². The standard InChI is InChI=1S/C16H16ClN3O3/c1-10-2-3-14(18-7-10)23-12-4-5-20(9-12)16(22)11-6-13(17)15(21)19-8-11/h2-3,6-8,12H,4-5,9H2,1H3,(H,19,21). The Labute approximate surface area is 138 Å². The smallest absolute Gasteiger partial charge is 0.266 e. The molecule has 6 nitrogen and oxygen atoms in total. The molecule has 1 aliphatic heterocycles. The fraction of sp³-hybridized carbons (Fsp3) is 0.312. The number of H-pyrrole nitrogens is 1. The molecule has 3 heterocycles. The Morgan fingerprint density at radius 1 is 1.48 bits per heavy atom. The summed E-state index contributed by atoms with van der Waals surface area (Å²) in [5.74, 6) is 0.382. The lowest BCUT2D eigenvalue weighted by molar-refractivity contribution is 0.0770. The maximum atomic E-state index is 12.4. The summed E-state index contributed by atoms with van der Waals surface area (Å²) in [6.07, 6.45) is 3.77. The molecule has 0 bridgehead atoms. The van der Waals surface area contributed by atoms with Crippen LogP contribution in [0.2, 0.25) is 5.02 Å². The van der Waals surface area contributed by atoms with Gasteiger partial charge in [0.2, 0.25) is 5.88 Å². The van der Waals surface area contributed by atoms with Crippen LogP contribution in [0.25, 0.3) is 0 Å². The average molecular weight is 334 g/mol. The number of rotatable bonds is 3. The van der Waals surface area contributed by atoms with E-state index in [2.05, 4.69) is 9.97 Å². The predicted molar refractivity (Wildman–Crippen MR) is 86.0 cm³/mol. The molecule has 23 heavy (non-hydrogen) atoms. The molecular weight excluding hydrogens is 318 g/mol. The maximum absolute atomic E-state index is 12.4. The molecule has 1 N–H and O–H groups in total. The molecule has 7 heteroatoms. The second-order valence-electron chi connectivity index (χ2n) is 5.52. The number of hydrogen-bond acceptors (Lipinski definition) is 4. The second kappa shape index (κ2) is 6.42. The first kappa shape index (κ1) is 15.6. The van der Waals surface area contributed by atoms with E-state index in [1.165, 1.54) is 12.3 Å². The van der Waals surface area contributed by atoms with Crippen molar-refractivity contribution >= 4 is 17.5 Å². The zero-order valence-corrected chi connectivity index (χ0v) is 13.3. The summed E-state index contributed by atoms with van der Waals surface area (Å²) in [6.45, 7) is 3.03. The monoisotopic (exact) mass is 333 g/mol. The summed E-state index contributed by atoms with van der Waals surface area (Å²) in [6, 6.07) is 5.14. The fourth-order valence-corrected chi connectivity index (χ4v) is 2.64. The normalized spacial score (nSPS) is 17.3. The van der Waals surface area contributed by atoms with Crippen molar-refractivity contribution < 1.29 is 9.53 Å². The van der Waals surface area contributed by atoms with Crippen molar-refractivity contribution in [3.63, 3.8) is 0 Å². The van der Waals surface area contributed by atoms with E-state index < -0.39 is 5.56 Å². The third-order valence-corrected chi connectivity index (χ3v) is 3.99. The van der Waals surface area contributed by atoms with Crippen LogP contribution in [0.15, 0.2) is 35.4 Å². The molecule has 2 aromatic rings. The number of pyridine rings is 2. The molecule has 0 aromatic carbocycles. The Morgan fingerprint density at radius 2 is 2.30 bits per heavy atom. The van der Waals surface area contributed by atoms with Gasteiger partial charge in [-0.2, -0.15) is 0 Å². The number of aromatic amines is 1. The van der Waals surface area contributed by atoms with Crippen LogP contribution in [0.1, 0.15) is 22.3 Å². The number of nitrogens with zero attached hydrogens (tertiary/aromatic N) is 2. The van der Waals surface area contributed by atoms with Crippen LogP contribution in [-0.4, -0.2) is 40.0 Å². The van der Waals surface area contributed by atoms with Gasteiger partial charge >= 0.3 is 0 Å². The van der Waals surface area contributed by atoms with Crippen molar-refractivity contribution in [2.75, 3.05) is 13.1 Å². The Balaban J connectivity index is 1.64. The van der Waals surface area contributed by atoms with E-state index in [9.17, 15) is 9.59 Å². The van der Waals surface area contributed by atoms with Crippen molar-refractivity contribution in [2.45, 2.75) is 19.4 Å². The van der Waals surface area contributed by atoms with Crippen molar-refractivity contribution in [1.29, 1.82) is 0 Å². The van der Waals surface area contributed by atoms with Gasteiger partial charge in [0, 0.05) is 31.4 Å². The van der Waals surface area contributed by atoms with E-state index in [-0.39, 0.29) is 17.0 Å². The number of aryl methyl sites for hydroxylation is 1.